The van der Waals surface area contributed by atoms with Gasteiger partial charge in [0, 0.05) is 6.54 Å². The maximum absolute atomic E-state index is 6.17. The normalized spacial score (nSPS) is 21.4. The Kier molecular flexibility index (Phi) is 7.53. The fourth-order valence-corrected chi connectivity index (χ4v) is 3.54. The van der Waals surface area contributed by atoms with Gasteiger partial charge >= 0.3 is 0 Å². The van der Waals surface area contributed by atoms with Crippen molar-refractivity contribution in [3.05, 3.63) is 16.2 Å². The minimum atomic E-state index is 0.285. The van der Waals surface area contributed by atoms with Crippen LogP contribution in [0, 0.1) is 18.8 Å². The molecule has 0 radical (unpaired) electrons. The molecule has 5 heteroatoms. The molecular formula is C19H30BrN3O. The van der Waals surface area contributed by atoms with Gasteiger partial charge in [-0.3, -0.25) is 4.99 Å². The van der Waals surface area contributed by atoms with E-state index < -0.39 is 0 Å². The van der Waals surface area contributed by atoms with Crippen LogP contribution in [0.5, 0.6) is 5.88 Å². The van der Waals surface area contributed by atoms with Gasteiger partial charge in [-0.1, -0.05) is 20.8 Å². The maximum Gasteiger partial charge on any atom is 0.228 e. The fourth-order valence-electron chi connectivity index (χ4n) is 3.13. The molecule has 1 N–H and O–H groups in total. The summed E-state index contributed by atoms with van der Waals surface area (Å²) in [5, 5.41) is 3.20. The lowest BCUT2D eigenvalue weighted by Crippen LogP contribution is -2.26. The van der Waals surface area contributed by atoms with Gasteiger partial charge < -0.3 is 10.1 Å². The molecule has 0 spiro atoms. The third-order valence-corrected chi connectivity index (χ3v) is 5.31. The van der Waals surface area contributed by atoms with E-state index in [4.69, 9.17) is 4.74 Å². The number of hydrogen-bond donors (Lipinski definition) is 1. The highest BCUT2D eigenvalue weighted by molar-refractivity contribution is 9.10. The Balaban J connectivity index is 1.95. The van der Waals surface area contributed by atoms with E-state index in [1.165, 1.54) is 12.8 Å². The Bertz CT molecular complexity index is 552. The Morgan fingerprint density at radius 3 is 2.71 bits per heavy atom. The van der Waals surface area contributed by atoms with Crippen molar-refractivity contribution >= 4 is 28.0 Å². The van der Waals surface area contributed by atoms with E-state index >= 15 is 0 Å². The number of aryl methyl sites for hydroxylation is 1. The van der Waals surface area contributed by atoms with Crippen LogP contribution in [0.15, 0.2) is 15.5 Å². The smallest absolute Gasteiger partial charge is 0.228 e. The highest BCUT2D eigenvalue weighted by atomic mass is 79.9. The molecule has 1 aliphatic rings. The van der Waals surface area contributed by atoms with E-state index in [9.17, 15) is 0 Å². The fraction of sp³-hybridized carbons (Fsp3) is 0.684. The lowest BCUT2D eigenvalue weighted by Gasteiger charge is -2.31. The predicted molar refractivity (Wildman–Crippen MR) is 105 cm³/mol. The zero-order valence-electron chi connectivity index (χ0n) is 15.3. The number of aliphatic imine (C=N–C) groups is 1. The van der Waals surface area contributed by atoms with Crippen LogP contribution in [0.25, 0.3) is 0 Å². The number of nitrogens with one attached hydrogen (secondary N) is 1. The quantitative estimate of drug-likeness (QED) is 0.482. The molecule has 0 aromatic carbocycles. The van der Waals surface area contributed by atoms with Gasteiger partial charge in [0.2, 0.25) is 5.88 Å². The Labute approximate surface area is 154 Å². The van der Waals surface area contributed by atoms with Crippen LogP contribution in [-0.4, -0.2) is 24.0 Å². The Morgan fingerprint density at radius 1 is 1.38 bits per heavy atom. The molecule has 134 valence electrons. The van der Waals surface area contributed by atoms with Crippen molar-refractivity contribution in [3.63, 3.8) is 0 Å². The van der Waals surface area contributed by atoms with Crippen molar-refractivity contribution in [1.29, 1.82) is 0 Å². The van der Waals surface area contributed by atoms with Crippen LogP contribution in [0.2, 0.25) is 0 Å². The van der Waals surface area contributed by atoms with Crippen LogP contribution >= 0.6 is 15.9 Å². The number of pyridine rings is 1. The number of nitrogens with zero attached hydrogens (tertiary/aromatic N) is 2. The minimum Gasteiger partial charge on any atom is -0.474 e. The lowest BCUT2D eigenvalue weighted by molar-refractivity contribution is 0.111. The van der Waals surface area contributed by atoms with Gasteiger partial charge in [-0.15, -0.1) is 0 Å². The van der Waals surface area contributed by atoms with Crippen molar-refractivity contribution < 1.29 is 4.74 Å². The van der Waals surface area contributed by atoms with Crippen molar-refractivity contribution in [3.8, 4) is 5.88 Å². The monoisotopic (exact) mass is 395 g/mol. The van der Waals surface area contributed by atoms with E-state index in [-0.39, 0.29) is 6.10 Å². The average molecular weight is 396 g/mol. The summed E-state index contributed by atoms with van der Waals surface area (Å²) in [6, 6.07) is 2.02. The topological polar surface area (TPSA) is 46.5 Å². The number of ether oxygens (including phenoxy) is 1. The van der Waals surface area contributed by atoms with E-state index in [2.05, 4.69) is 52.0 Å². The molecule has 24 heavy (non-hydrogen) atoms. The highest BCUT2D eigenvalue weighted by Gasteiger charge is 2.25. The molecule has 0 atom stereocenters. The molecule has 0 unspecified atom stereocenters. The van der Waals surface area contributed by atoms with Gasteiger partial charge in [-0.05, 0) is 72.9 Å². The number of anilines is 1. The molecule has 1 aromatic rings. The first kappa shape index (κ1) is 19.2. The van der Waals surface area contributed by atoms with E-state index in [1.54, 1.807) is 6.34 Å². The first-order valence-electron chi connectivity index (χ1n) is 9.09. The lowest BCUT2D eigenvalue weighted by atomic mass is 9.80. The van der Waals surface area contributed by atoms with E-state index in [0.29, 0.717) is 5.88 Å². The first-order valence-corrected chi connectivity index (χ1v) is 9.89. The molecule has 0 saturated heterocycles. The highest BCUT2D eigenvalue weighted by Crippen LogP contribution is 2.34. The third-order valence-electron chi connectivity index (χ3n) is 4.74. The zero-order chi connectivity index (χ0) is 17.5. The Morgan fingerprint density at radius 2 is 2.08 bits per heavy atom. The van der Waals surface area contributed by atoms with Gasteiger partial charge in [0.1, 0.15) is 6.10 Å². The summed E-state index contributed by atoms with van der Waals surface area (Å²) >= 11 is 3.59. The maximum atomic E-state index is 6.17. The molecule has 2 rings (SSSR count). The summed E-state index contributed by atoms with van der Waals surface area (Å²) in [4.78, 5) is 8.91. The van der Waals surface area contributed by atoms with Gasteiger partial charge in [0.15, 0.2) is 0 Å². The standard InChI is InChI=1S/C19H30BrN3O/c1-5-10-21-12-22-18-11-17(20)19(23-14(18)4)24-16-8-6-15(7-9-16)13(2)3/h11-13,15-16H,5-10H2,1-4H3,(H,21,22). The summed E-state index contributed by atoms with van der Waals surface area (Å²) in [5.74, 6) is 2.33. The number of hydrogen-bond acceptors (Lipinski definition) is 3. The molecule has 4 nitrogen and oxygen atoms in total. The van der Waals surface area contributed by atoms with E-state index in [0.717, 1.165) is 53.5 Å². The van der Waals surface area contributed by atoms with Crippen molar-refractivity contribution in [2.24, 2.45) is 16.8 Å². The number of aromatic nitrogens is 1. The molecule has 1 heterocycles. The summed E-state index contributed by atoms with van der Waals surface area (Å²) in [6.07, 6.45) is 7.84. The molecule has 0 amide bonds. The van der Waals surface area contributed by atoms with Crippen molar-refractivity contribution in [2.45, 2.75) is 65.9 Å². The SMILES string of the molecule is CCCN=CNc1cc(Br)c(OC2CCC(C(C)C)CC2)nc1C. The summed E-state index contributed by atoms with van der Waals surface area (Å²) < 4.78 is 7.07. The second-order valence-electron chi connectivity index (χ2n) is 6.99. The molecule has 0 aliphatic heterocycles. The van der Waals surface area contributed by atoms with Gasteiger partial charge in [0.05, 0.1) is 22.2 Å². The zero-order valence-corrected chi connectivity index (χ0v) is 16.9. The molecular weight excluding hydrogens is 366 g/mol. The van der Waals surface area contributed by atoms with Crippen LogP contribution < -0.4 is 10.1 Å². The third kappa shape index (κ3) is 5.47. The largest absolute Gasteiger partial charge is 0.474 e. The van der Waals surface area contributed by atoms with Crippen LogP contribution in [-0.2, 0) is 0 Å². The average Bonchev–Trinajstić information content (AvgIpc) is 2.56. The predicted octanol–water partition coefficient (Wildman–Crippen LogP) is 5.60. The molecule has 1 saturated carbocycles. The second kappa shape index (κ2) is 9.40. The summed E-state index contributed by atoms with van der Waals surface area (Å²) in [5.41, 5.74) is 1.88. The molecule has 1 aliphatic carbocycles. The van der Waals surface area contributed by atoms with E-state index in [1.807, 2.05) is 13.0 Å². The molecule has 1 fully saturated rings. The van der Waals surface area contributed by atoms with Gasteiger partial charge in [-0.2, -0.15) is 0 Å². The van der Waals surface area contributed by atoms with Gasteiger partial charge in [-0.25, -0.2) is 4.98 Å². The van der Waals surface area contributed by atoms with Crippen LogP contribution in [0.4, 0.5) is 5.69 Å². The second-order valence-corrected chi connectivity index (χ2v) is 7.84. The number of halogens is 1. The minimum absolute atomic E-state index is 0.285. The first-order chi connectivity index (χ1) is 11.5. The molecule has 0 bridgehead atoms. The van der Waals surface area contributed by atoms with Crippen molar-refractivity contribution in [2.75, 3.05) is 11.9 Å². The molecule has 1 aromatic heterocycles. The summed E-state index contributed by atoms with van der Waals surface area (Å²) in [6.45, 7) is 9.58. The summed E-state index contributed by atoms with van der Waals surface area (Å²) in [7, 11) is 0. The van der Waals surface area contributed by atoms with Crippen molar-refractivity contribution in [1.82, 2.24) is 4.98 Å². The van der Waals surface area contributed by atoms with Gasteiger partial charge in [0.25, 0.3) is 0 Å². The van der Waals surface area contributed by atoms with Crippen LogP contribution in [0.1, 0.15) is 58.6 Å². The Hall–Kier alpha value is -1.10. The van der Waals surface area contributed by atoms with Crippen LogP contribution in [0.3, 0.4) is 0 Å². The number of rotatable bonds is 7.